The third-order valence-corrected chi connectivity index (χ3v) is 3.55. The number of hydrogen-bond donors (Lipinski definition) is 0. The molecule has 0 aliphatic heterocycles. The van der Waals surface area contributed by atoms with Gasteiger partial charge in [-0.25, -0.2) is 13.6 Å². The van der Waals surface area contributed by atoms with Crippen LogP contribution in [0.15, 0.2) is 30.3 Å². The fourth-order valence-electron chi connectivity index (χ4n) is 2.21. The van der Waals surface area contributed by atoms with Crippen molar-refractivity contribution in [3.63, 3.8) is 0 Å². The molecule has 0 atom stereocenters. The number of ketones is 1. The van der Waals surface area contributed by atoms with Crippen molar-refractivity contribution in [2.75, 3.05) is 20.8 Å². The first-order chi connectivity index (χ1) is 11.9. The number of ether oxygens (including phenoxy) is 3. The van der Waals surface area contributed by atoms with Gasteiger partial charge < -0.3 is 14.2 Å². The molecule has 7 heteroatoms. The number of halogens is 2. The van der Waals surface area contributed by atoms with E-state index in [2.05, 4.69) is 0 Å². The summed E-state index contributed by atoms with van der Waals surface area (Å²) in [6.07, 6.45) is 0. The average Bonchev–Trinajstić information content (AvgIpc) is 2.61. The van der Waals surface area contributed by atoms with E-state index in [1.165, 1.54) is 26.4 Å². The van der Waals surface area contributed by atoms with Gasteiger partial charge in [0.15, 0.2) is 6.61 Å². The number of rotatable bonds is 6. The summed E-state index contributed by atoms with van der Waals surface area (Å²) >= 11 is 0. The Bertz CT molecular complexity index is 792. The molecular weight excluding hydrogens is 334 g/mol. The van der Waals surface area contributed by atoms with Gasteiger partial charge in [-0.05, 0) is 37.3 Å². The van der Waals surface area contributed by atoms with Crippen molar-refractivity contribution >= 4 is 11.8 Å². The topological polar surface area (TPSA) is 61.8 Å². The van der Waals surface area contributed by atoms with Gasteiger partial charge in [-0.2, -0.15) is 0 Å². The molecular formula is C18H16F2O5. The maximum atomic E-state index is 13.5. The molecule has 132 valence electrons. The molecule has 2 aromatic carbocycles. The van der Waals surface area contributed by atoms with Gasteiger partial charge in [0.05, 0.1) is 25.3 Å². The second kappa shape index (κ2) is 7.74. The fraction of sp³-hybridized carbons (Fsp3) is 0.222. The minimum absolute atomic E-state index is 0.104. The molecule has 0 unspecified atom stereocenters. The van der Waals surface area contributed by atoms with Gasteiger partial charge in [-0.15, -0.1) is 0 Å². The summed E-state index contributed by atoms with van der Waals surface area (Å²) in [6.45, 7) is 1.03. The van der Waals surface area contributed by atoms with Crippen LogP contribution >= 0.6 is 0 Å². The van der Waals surface area contributed by atoms with Gasteiger partial charge in [0.2, 0.25) is 5.78 Å². The first-order valence-corrected chi connectivity index (χ1v) is 7.25. The highest BCUT2D eigenvalue weighted by molar-refractivity contribution is 5.99. The van der Waals surface area contributed by atoms with Gasteiger partial charge >= 0.3 is 5.97 Å². The van der Waals surface area contributed by atoms with Crippen LogP contribution < -0.4 is 9.47 Å². The summed E-state index contributed by atoms with van der Waals surface area (Å²) < 4.78 is 41.9. The Morgan fingerprint density at radius 2 is 1.60 bits per heavy atom. The molecule has 0 radical (unpaired) electrons. The largest absolute Gasteiger partial charge is 0.496 e. The Hall–Kier alpha value is -2.96. The zero-order valence-corrected chi connectivity index (χ0v) is 13.9. The van der Waals surface area contributed by atoms with Crippen LogP contribution in [0.25, 0.3) is 0 Å². The predicted molar refractivity (Wildman–Crippen MR) is 85.3 cm³/mol. The molecule has 0 N–H and O–H groups in total. The minimum atomic E-state index is -0.888. The van der Waals surface area contributed by atoms with E-state index in [4.69, 9.17) is 14.2 Å². The van der Waals surface area contributed by atoms with Gasteiger partial charge in [0.1, 0.15) is 23.1 Å². The van der Waals surface area contributed by atoms with Gasteiger partial charge in [0, 0.05) is 5.56 Å². The lowest BCUT2D eigenvalue weighted by atomic mass is 10.1. The highest BCUT2D eigenvalue weighted by atomic mass is 19.1. The lowest BCUT2D eigenvalue weighted by molar-refractivity contribution is 0.0473. The van der Waals surface area contributed by atoms with Crippen molar-refractivity contribution in [3.05, 3.63) is 58.7 Å². The van der Waals surface area contributed by atoms with Crippen molar-refractivity contribution in [2.24, 2.45) is 0 Å². The molecule has 0 saturated carbocycles. The van der Waals surface area contributed by atoms with Crippen LogP contribution in [0.3, 0.4) is 0 Å². The van der Waals surface area contributed by atoms with Crippen LogP contribution in [-0.4, -0.2) is 32.6 Å². The summed E-state index contributed by atoms with van der Waals surface area (Å²) in [7, 11) is 2.88. The maximum Gasteiger partial charge on any atom is 0.338 e. The molecule has 25 heavy (non-hydrogen) atoms. The van der Waals surface area contributed by atoms with E-state index < -0.39 is 35.6 Å². The van der Waals surface area contributed by atoms with Gasteiger partial charge in [0.25, 0.3) is 0 Å². The Morgan fingerprint density at radius 3 is 2.16 bits per heavy atom. The van der Waals surface area contributed by atoms with Crippen LogP contribution in [0.2, 0.25) is 0 Å². The molecule has 0 bridgehead atoms. The first-order valence-electron chi connectivity index (χ1n) is 7.25. The number of hydrogen-bond acceptors (Lipinski definition) is 5. The SMILES string of the molecule is COc1cc(C(=O)OCC(=O)c2cc(F)ccc2F)cc(OC)c1C. The fourth-order valence-corrected chi connectivity index (χ4v) is 2.21. The summed E-state index contributed by atoms with van der Waals surface area (Å²) in [5.74, 6) is -2.49. The molecule has 2 aromatic rings. The standard InChI is InChI=1S/C18H16F2O5/c1-10-16(23-2)6-11(7-17(10)24-3)18(22)25-9-15(21)13-8-12(19)4-5-14(13)20/h4-8H,9H2,1-3H3. The molecule has 0 saturated heterocycles. The molecule has 0 aromatic heterocycles. The minimum Gasteiger partial charge on any atom is -0.496 e. The Balaban J connectivity index is 2.15. The molecule has 0 fully saturated rings. The number of carbonyl (C=O) groups is 2. The van der Waals surface area contributed by atoms with Crippen molar-refractivity contribution in [3.8, 4) is 11.5 Å². The summed E-state index contributed by atoms with van der Waals surface area (Å²) in [5.41, 5.74) is 0.318. The van der Waals surface area contributed by atoms with E-state index in [0.29, 0.717) is 17.1 Å². The van der Waals surface area contributed by atoms with Crippen LogP contribution in [0.5, 0.6) is 11.5 Å². The normalized spacial score (nSPS) is 10.3. The van der Waals surface area contributed by atoms with E-state index in [9.17, 15) is 18.4 Å². The Morgan fingerprint density at radius 1 is 1.00 bits per heavy atom. The lowest BCUT2D eigenvalue weighted by Crippen LogP contribution is -2.16. The maximum absolute atomic E-state index is 13.5. The van der Waals surface area contributed by atoms with Crippen molar-refractivity contribution in [2.45, 2.75) is 6.92 Å². The van der Waals surface area contributed by atoms with Gasteiger partial charge in [-0.3, -0.25) is 4.79 Å². The Kier molecular flexibility index (Phi) is 5.69. The van der Waals surface area contributed by atoms with E-state index in [1.54, 1.807) is 6.92 Å². The molecule has 0 heterocycles. The number of esters is 1. The third-order valence-electron chi connectivity index (χ3n) is 3.55. The molecule has 0 spiro atoms. The number of carbonyl (C=O) groups excluding carboxylic acids is 2. The molecule has 5 nitrogen and oxygen atoms in total. The summed E-state index contributed by atoms with van der Waals surface area (Å²) in [6, 6.07) is 5.35. The van der Waals surface area contributed by atoms with Crippen LogP contribution in [0, 0.1) is 18.6 Å². The number of benzene rings is 2. The molecule has 0 amide bonds. The first kappa shape index (κ1) is 18.4. The van der Waals surface area contributed by atoms with Crippen molar-refractivity contribution < 1.29 is 32.6 Å². The highest BCUT2D eigenvalue weighted by Crippen LogP contribution is 2.29. The molecule has 0 aliphatic rings. The van der Waals surface area contributed by atoms with Crippen LogP contribution in [-0.2, 0) is 4.74 Å². The van der Waals surface area contributed by atoms with E-state index in [0.717, 1.165) is 18.2 Å². The Labute approximate surface area is 143 Å². The molecule has 0 aliphatic carbocycles. The zero-order chi connectivity index (χ0) is 18.6. The predicted octanol–water partition coefficient (Wildman–Crippen LogP) is 3.33. The van der Waals surface area contributed by atoms with E-state index in [1.807, 2.05) is 0 Å². The third kappa shape index (κ3) is 4.12. The van der Waals surface area contributed by atoms with Gasteiger partial charge in [-0.1, -0.05) is 0 Å². The quantitative estimate of drug-likeness (QED) is 0.591. The average molecular weight is 350 g/mol. The zero-order valence-electron chi connectivity index (χ0n) is 13.9. The van der Waals surface area contributed by atoms with Crippen molar-refractivity contribution in [1.82, 2.24) is 0 Å². The summed E-state index contributed by atoms with van der Waals surface area (Å²) in [4.78, 5) is 24.0. The van der Waals surface area contributed by atoms with Crippen LogP contribution in [0.1, 0.15) is 26.3 Å². The lowest BCUT2D eigenvalue weighted by Gasteiger charge is -2.12. The summed E-state index contributed by atoms with van der Waals surface area (Å²) in [5, 5.41) is 0. The van der Waals surface area contributed by atoms with Crippen LogP contribution in [0.4, 0.5) is 8.78 Å². The monoisotopic (exact) mass is 350 g/mol. The molecule has 2 rings (SSSR count). The highest BCUT2D eigenvalue weighted by Gasteiger charge is 2.18. The smallest absolute Gasteiger partial charge is 0.338 e. The number of Topliss-reactive ketones (excluding diaryl/α,β-unsaturated/α-hetero) is 1. The number of methoxy groups -OCH3 is 2. The van der Waals surface area contributed by atoms with E-state index >= 15 is 0 Å². The van der Waals surface area contributed by atoms with E-state index in [-0.39, 0.29) is 5.56 Å². The second-order valence-electron chi connectivity index (χ2n) is 5.13. The van der Waals surface area contributed by atoms with Crippen molar-refractivity contribution in [1.29, 1.82) is 0 Å². The second-order valence-corrected chi connectivity index (χ2v) is 5.13.